The summed E-state index contributed by atoms with van der Waals surface area (Å²) in [5, 5.41) is 8.60. The third-order valence-corrected chi connectivity index (χ3v) is 5.05. The van der Waals surface area contributed by atoms with E-state index >= 15 is 0 Å². The Hall–Kier alpha value is -3.44. The molecule has 3 aromatic carbocycles. The van der Waals surface area contributed by atoms with Crippen LogP contribution in [-0.4, -0.2) is 41.2 Å². The highest BCUT2D eigenvalue weighted by Gasteiger charge is 2.08. The van der Waals surface area contributed by atoms with Gasteiger partial charge in [-0.25, -0.2) is 0 Å². The molecule has 0 saturated carbocycles. The van der Waals surface area contributed by atoms with Crippen LogP contribution in [0.5, 0.6) is 0 Å². The number of aromatic nitrogens is 2. The number of likely N-dealkylation sites (N-methyl/N-ethyl adjacent to an activating group) is 1. The number of hydrogen-bond donors (Lipinski definition) is 1. The van der Waals surface area contributed by atoms with E-state index in [-0.39, 0.29) is 5.91 Å². The summed E-state index contributed by atoms with van der Waals surface area (Å²) < 4.78 is 1.95. The Bertz CT molecular complexity index is 1130. The van der Waals surface area contributed by atoms with E-state index in [1.54, 1.807) is 0 Å². The second-order valence-corrected chi connectivity index (χ2v) is 7.78. The third-order valence-electron chi connectivity index (χ3n) is 5.05. The highest BCUT2D eigenvalue weighted by atomic mass is 16.1. The largest absolute Gasteiger partial charge is 0.322 e. The molecule has 0 atom stereocenters. The molecule has 0 saturated heterocycles. The second kappa shape index (κ2) is 8.93. The van der Waals surface area contributed by atoms with Crippen LogP contribution in [0.25, 0.3) is 10.9 Å². The van der Waals surface area contributed by atoms with Crippen molar-refractivity contribution >= 4 is 22.5 Å². The van der Waals surface area contributed by atoms with Gasteiger partial charge in [-0.2, -0.15) is 5.10 Å². The number of nitrogens with zero attached hydrogens (tertiary/aromatic N) is 3. The number of carbonyl (C=O) groups is 1. The lowest BCUT2D eigenvalue weighted by molar-refractivity contribution is 0.102. The molecule has 0 aliphatic heterocycles. The zero-order valence-electron chi connectivity index (χ0n) is 17.4. The van der Waals surface area contributed by atoms with Gasteiger partial charge in [-0.15, -0.1) is 0 Å². The van der Waals surface area contributed by atoms with E-state index in [0.717, 1.165) is 36.1 Å². The maximum atomic E-state index is 12.7. The van der Waals surface area contributed by atoms with Crippen LogP contribution in [0.3, 0.4) is 0 Å². The standard InChI is InChI=1S/C25H26N4O/c1-28(2)14-15-29-18-22-17-23(12-13-24(22)27-29)26-25(30)21-10-8-20(9-11-21)16-19-6-4-3-5-7-19/h3-13,17-18H,14-16H2,1-2H3,(H,26,30). The van der Waals surface area contributed by atoms with Gasteiger partial charge in [0.05, 0.1) is 12.1 Å². The fraction of sp³-hybridized carbons (Fsp3) is 0.200. The SMILES string of the molecule is CN(C)CCn1cc2cc(NC(=O)c3ccc(Cc4ccccc4)cc3)ccc2n1. The van der Waals surface area contributed by atoms with Crippen molar-refractivity contribution in [3.05, 3.63) is 95.7 Å². The summed E-state index contributed by atoms with van der Waals surface area (Å²) in [6, 6.07) is 23.9. The van der Waals surface area contributed by atoms with E-state index in [9.17, 15) is 4.79 Å². The van der Waals surface area contributed by atoms with E-state index in [0.29, 0.717) is 5.56 Å². The Kier molecular flexibility index (Phi) is 5.91. The Balaban J connectivity index is 1.42. The normalized spacial score (nSPS) is 11.2. The number of nitrogens with one attached hydrogen (secondary N) is 1. The first kappa shape index (κ1) is 19.9. The quantitative estimate of drug-likeness (QED) is 0.501. The van der Waals surface area contributed by atoms with Gasteiger partial charge in [0, 0.05) is 29.4 Å². The van der Waals surface area contributed by atoms with Crippen LogP contribution >= 0.6 is 0 Å². The predicted octanol–water partition coefficient (Wildman–Crippen LogP) is 4.44. The van der Waals surface area contributed by atoms with Gasteiger partial charge in [-0.3, -0.25) is 9.48 Å². The van der Waals surface area contributed by atoms with E-state index < -0.39 is 0 Å². The van der Waals surface area contributed by atoms with Gasteiger partial charge in [0.25, 0.3) is 5.91 Å². The second-order valence-electron chi connectivity index (χ2n) is 7.78. The summed E-state index contributed by atoms with van der Waals surface area (Å²) in [7, 11) is 4.09. The van der Waals surface area contributed by atoms with Crippen molar-refractivity contribution in [2.75, 3.05) is 26.0 Å². The van der Waals surface area contributed by atoms with E-state index in [2.05, 4.69) is 27.4 Å². The number of hydrogen-bond acceptors (Lipinski definition) is 3. The van der Waals surface area contributed by atoms with Crippen LogP contribution in [0.15, 0.2) is 79.0 Å². The molecule has 5 heteroatoms. The molecular formula is C25H26N4O. The average molecular weight is 399 g/mol. The lowest BCUT2D eigenvalue weighted by atomic mass is 10.0. The molecule has 4 rings (SSSR count). The highest BCUT2D eigenvalue weighted by Crippen LogP contribution is 2.19. The molecule has 0 radical (unpaired) electrons. The summed E-state index contributed by atoms with van der Waals surface area (Å²) in [6.45, 7) is 1.76. The Morgan fingerprint density at radius 3 is 2.43 bits per heavy atom. The molecule has 1 amide bonds. The molecule has 0 aliphatic rings. The van der Waals surface area contributed by atoms with E-state index in [1.807, 2.05) is 85.6 Å². The van der Waals surface area contributed by atoms with Crippen molar-refractivity contribution in [2.24, 2.45) is 0 Å². The average Bonchev–Trinajstić information content (AvgIpc) is 3.16. The van der Waals surface area contributed by atoms with Crippen molar-refractivity contribution < 1.29 is 4.79 Å². The topological polar surface area (TPSA) is 50.2 Å². The first-order chi connectivity index (χ1) is 14.6. The van der Waals surface area contributed by atoms with Gasteiger partial charge in [-0.05, 0) is 62.0 Å². The smallest absolute Gasteiger partial charge is 0.255 e. The number of amides is 1. The van der Waals surface area contributed by atoms with Gasteiger partial charge in [0.15, 0.2) is 0 Å². The lowest BCUT2D eigenvalue weighted by Gasteiger charge is -2.08. The fourth-order valence-electron chi connectivity index (χ4n) is 3.38. The molecule has 0 fully saturated rings. The van der Waals surface area contributed by atoms with E-state index in [4.69, 9.17) is 0 Å². The number of carbonyl (C=O) groups excluding carboxylic acids is 1. The van der Waals surface area contributed by atoms with Gasteiger partial charge in [-0.1, -0.05) is 42.5 Å². The highest BCUT2D eigenvalue weighted by molar-refractivity contribution is 6.05. The van der Waals surface area contributed by atoms with Gasteiger partial charge in [0.2, 0.25) is 0 Å². The summed E-state index contributed by atoms with van der Waals surface area (Å²) >= 11 is 0. The van der Waals surface area contributed by atoms with Crippen molar-refractivity contribution in [1.29, 1.82) is 0 Å². The molecule has 0 aliphatic carbocycles. The summed E-state index contributed by atoms with van der Waals surface area (Å²) in [6.07, 6.45) is 2.88. The maximum Gasteiger partial charge on any atom is 0.255 e. The predicted molar refractivity (Wildman–Crippen MR) is 122 cm³/mol. The van der Waals surface area contributed by atoms with Gasteiger partial charge < -0.3 is 10.2 Å². The third kappa shape index (κ3) is 4.93. The molecule has 0 bridgehead atoms. The van der Waals surface area contributed by atoms with Crippen molar-refractivity contribution in [3.8, 4) is 0 Å². The maximum absolute atomic E-state index is 12.7. The molecule has 4 aromatic rings. The number of benzene rings is 3. The van der Waals surface area contributed by atoms with Crippen molar-refractivity contribution in [1.82, 2.24) is 14.7 Å². The van der Waals surface area contributed by atoms with Crippen LogP contribution < -0.4 is 5.32 Å². The fourth-order valence-corrected chi connectivity index (χ4v) is 3.38. The minimum Gasteiger partial charge on any atom is -0.322 e. The van der Waals surface area contributed by atoms with Gasteiger partial charge in [0.1, 0.15) is 0 Å². The zero-order chi connectivity index (χ0) is 20.9. The van der Waals surface area contributed by atoms with Crippen LogP contribution in [0.2, 0.25) is 0 Å². The number of anilines is 1. The molecule has 5 nitrogen and oxygen atoms in total. The summed E-state index contributed by atoms with van der Waals surface area (Å²) in [5.41, 5.74) is 4.79. The van der Waals surface area contributed by atoms with Crippen LogP contribution in [-0.2, 0) is 13.0 Å². The minimum atomic E-state index is -0.111. The Labute approximate surface area is 176 Å². The lowest BCUT2D eigenvalue weighted by Crippen LogP contribution is -2.18. The van der Waals surface area contributed by atoms with Crippen LogP contribution in [0.4, 0.5) is 5.69 Å². The van der Waals surface area contributed by atoms with Gasteiger partial charge >= 0.3 is 0 Å². The monoisotopic (exact) mass is 398 g/mol. The first-order valence-corrected chi connectivity index (χ1v) is 10.1. The molecule has 1 heterocycles. The summed E-state index contributed by atoms with van der Waals surface area (Å²) in [4.78, 5) is 14.8. The summed E-state index contributed by atoms with van der Waals surface area (Å²) in [5.74, 6) is -0.111. The Morgan fingerprint density at radius 2 is 1.70 bits per heavy atom. The molecule has 30 heavy (non-hydrogen) atoms. The molecule has 0 unspecified atom stereocenters. The minimum absolute atomic E-state index is 0.111. The molecule has 0 spiro atoms. The first-order valence-electron chi connectivity index (χ1n) is 10.1. The Morgan fingerprint density at radius 1 is 0.967 bits per heavy atom. The molecule has 1 aromatic heterocycles. The zero-order valence-corrected chi connectivity index (χ0v) is 17.4. The van der Waals surface area contributed by atoms with Crippen molar-refractivity contribution in [3.63, 3.8) is 0 Å². The van der Waals surface area contributed by atoms with E-state index in [1.165, 1.54) is 11.1 Å². The molecule has 1 N–H and O–H groups in total. The van der Waals surface area contributed by atoms with Crippen LogP contribution in [0, 0.1) is 0 Å². The molecule has 152 valence electrons. The molecular weight excluding hydrogens is 372 g/mol. The number of rotatable bonds is 7. The number of fused-ring (bicyclic) bond motifs is 1. The van der Waals surface area contributed by atoms with Crippen molar-refractivity contribution in [2.45, 2.75) is 13.0 Å². The van der Waals surface area contributed by atoms with Crippen LogP contribution in [0.1, 0.15) is 21.5 Å².